The predicted octanol–water partition coefficient (Wildman–Crippen LogP) is 4.92. The first kappa shape index (κ1) is 18.2. The van der Waals surface area contributed by atoms with Crippen LogP contribution in [0.2, 0.25) is 0 Å². The van der Waals surface area contributed by atoms with Crippen LogP contribution in [0.15, 0.2) is 54.1 Å². The Kier molecular flexibility index (Phi) is 8.02. The summed E-state index contributed by atoms with van der Waals surface area (Å²) in [6, 6.07) is 10.2. The lowest BCUT2D eigenvalue weighted by atomic mass is 10.00. The lowest BCUT2D eigenvalue weighted by Crippen LogP contribution is -2.12. The molecule has 1 aliphatic carbocycles. The van der Waals surface area contributed by atoms with E-state index in [1.54, 1.807) is 0 Å². The molecule has 1 aromatic carbocycles. The summed E-state index contributed by atoms with van der Waals surface area (Å²) in [5.74, 6) is -0.789. The van der Waals surface area contributed by atoms with Gasteiger partial charge in [-0.1, -0.05) is 54.1 Å². The van der Waals surface area contributed by atoms with Crippen molar-refractivity contribution < 1.29 is 14.3 Å². The molecule has 0 fully saturated rings. The van der Waals surface area contributed by atoms with E-state index in [4.69, 9.17) is 4.74 Å². The largest absolute Gasteiger partial charge is 0.393 e. The molecule has 0 unspecified atom stereocenters. The van der Waals surface area contributed by atoms with Gasteiger partial charge in [-0.25, -0.2) is 0 Å². The average Bonchev–Trinajstić information content (AvgIpc) is 2.60. The fourth-order valence-electron chi connectivity index (χ4n) is 2.79. The molecule has 0 atom stereocenters. The lowest BCUT2D eigenvalue weighted by Gasteiger charge is -2.08. The zero-order chi connectivity index (χ0) is 17.0. The number of carbonyl (C=O) groups is 2. The van der Waals surface area contributed by atoms with E-state index in [1.165, 1.54) is 11.1 Å². The van der Waals surface area contributed by atoms with Gasteiger partial charge in [-0.2, -0.15) is 0 Å². The average molecular weight is 326 g/mol. The van der Waals surface area contributed by atoms with Gasteiger partial charge in [0.05, 0.1) is 0 Å². The van der Waals surface area contributed by atoms with Crippen LogP contribution >= 0.6 is 0 Å². The van der Waals surface area contributed by atoms with E-state index >= 15 is 0 Å². The first-order chi connectivity index (χ1) is 11.7. The lowest BCUT2D eigenvalue weighted by molar-refractivity contribution is -0.159. The predicted molar refractivity (Wildman–Crippen MR) is 95.4 cm³/mol. The van der Waals surface area contributed by atoms with Crippen LogP contribution in [-0.4, -0.2) is 11.9 Å². The Morgan fingerprint density at radius 3 is 2.38 bits per heavy atom. The maximum atomic E-state index is 11.7. The van der Waals surface area contributed by atoms with Gasteiger partial charge in [-0.3, -0.25) is 9.59 Å². The third kappa shape index (κ3) is 7.40. The monoisotopic (exact) mass is 326 g/mol. The highest BCUT2D eigenvalue weighted by Gasteiger charge is 2.10. The zero-order valence-electron chi connectivity index (χ0n) is 14.2. The molecule has 0 aliphatic heterocycles. The number of carbonyl (C=O) groups excluding carboxylic acids is 2. The molecular weight excluding hydrogens is 300 g/mol. The maximum absolute atomic E-state index is 11.7. The molecule has 0 aromatic heterocycles. The van der Waals surface area contributed by atoms with E-state index in [1.807, 2.05) is 18.2 Å². The van der Waals surface area contributed by atoms with E-state index in [-0.39, 0.29) is 0 Å². The standard InChI is InChI=1S/C21H26O3/c22-20(16-8-7-14-18-10-3-1-4-11-18)24-21(23)17-9-15-19-12-5-2-6-13-19/h1-5,10-12H,6-9,13-17H2. The van der Waals surface area contributed by atoms with Crippen LogP contribution in [0.3, 0.4) is 0 Å². The second kappa shape index (κ2) is 10.6. The van der Waals surface area contributed by atoms with Gasteiger partial charge in [0.1, 0.15) is 0 Å². The van der Waals surface area contributed by atoms with Crippen molar-refractivity contribution in [1.82, 2.24) is 0 Å². The van der Waals surface area contributed by atoms with Crippen LogP contribution in [0.25, 0.3) is 0 Å². The molecule has 0 amide bonds. The minimum atomic E-state index is -0.395. The van der Waals surface area contributed by atoms with Crippen LogP contribution in [0.4, 0.5) is 0 Å². The molecule has 1 aromatic rings. The number of hydrogen-bond acceptors (Lipinski definition) is 3. The highest BCUT2D eigenvalue weighted by Crippen LogP contribution is 2.18. The first-order valence-electron chi connectivity index (χ1n) is 8.86. The van der Waals surface area contributed by atoms with Gasteiger partial charge in [0, 0.05) is 12.8 Å². The first-order valence-corrected chi connectivity index (χ1v) is 8.86. The Bertz CT molecular complexity index is 584. The van der Waals surface area contributed by atoms with Gasteiger partial charge >= 0.3 is 11.9 Å². The number of ether oxygens (including phenoxy) is 1. The van der Waals surface area contributed by atoms with Gasteiger partial charge in [0.15, 0.2) is 0 Å². The van der Waals surface area contributed by atoms with Crippen molar-refractivity contribution >= 4 is 11.9 Å². The van der Waals surface area contributed by atoms with Crippen molar-refractivity contribution in [2.24, 2.45) is 0 Å². The summed E-state index contributed by atoms with van der Waals surface area (Å²) in [5, 5.41) is 0. The zero-order valence-corrected chi connectivity index (χ0v) is 14.2. The van der Waals surface area contributed by atoms with E-state index in [9.17, 15) is 9.59 Å². The molecule has 0 heterocycles. The molecule has 128 valence electrons. The van der Waals surface area contributed by atoms with E-state index in [0.717, 1.165) is 44.9 Å². The van der Waals surface area contributed by atoms with Crippen molar-refractivity contribution in [1.29, 1.82) is 0 Å². The number of benzene rings is 1. The molecule has 0 radical (unpaired) electrons. The fraction of sp³-hybridized carbons (Fsp3) is 0.429. The number of aryl methyl sites for hydroxylation is 1. The SMILES string of the molecule is O=C(CCCCc1ccccc1)OC(=O)CCCC1=CC=CCC1. The molecule has 3 heteroatoms. The highest BCUT2D eigenvalue weighted by atomic mass is 16.6. The Morgan fingerprint density at radius 2 is 1.67 bits per heavy atom. The Hall–Kier alpha value is -2.16. The summed E-state index contributed by atoms with van der Waals surface area (Å²) in [6.45, 7) is 0. The van der Waals surface area contributed by atoms with E-state index in [0.29, 0.717) is 12.8 Å². The van der Waals surface area contributed by atoms with Gasteiger partial charge < -0.3 is 4.74 Å². The smallest absolute Gasteiger partial charge is 0.313 e. The van der Waals surface area contributed by atoms with Crippen molar-refractivity contribution in [2.75, 3.05) is 0 Å². The Morgan fingerprint density at radius 1 is 0.917 bits per heavy atom. The molecule has 2 rings (SSSR count). The molecule has 3 nitrogen and oxygen atoms in total. The van der Waals surface area contributed by atoms with Gasteiger partial charge in [-0.05, 0) is 50.5 Å². The van der Waals surface area contributed by atoms with Crippen LogP contribution < -0.4 is 0 Å². The van der Waals surface area contributed by atoms with Gasteiger partial charge in [0.25, 0.3) is 0 Å². The number of allylic oxidation sites excluding steroid dienone is 4. The van der Waals surface area contributed by atoms with Gasteiger partial charge in [0.2, 0.25) is 0 Å². The number of rotatable bonds is 9. The minimum absolute atomic E-state index is 0.314. The van der Waals surface area contributed by atoms with Crippen LogP contribution in [-0.2, 0) is 20.7 Å². The number of unbranched alkanes of at least 4 members (excludes halogenated alkanes) is 1. The Labute approximate surface area is 144 Å². The Balaban J connectivity index is 1.52. The fourth-order valence-corrected chi connectivity index (χ4v) is 2.79. The third-order valence-electron chi connectivity index (χ3n) is 4.15. The maximum Gasteiger partial charge on any atom is 0.313 e. The van der Waals surface area contributed by atoms with Crippen LogP contribution in [0.1, 0.15) is 56.9 Å². The summed E-state index contributed by atoms with van der Waals surface area (Å²) < 4.78 is 4.88. The van der Waals surface area contributed by atoms with Crippen molar-refractivity contribution in [3.05, 3.63) is 59.7 Å². The summed E-state index contributed by atoms with van der Waals surface area (Å²) in [5.41, 5.74) is 2.64. The number of esters is 2. The second-order valence-electron chi connectivity index (χ2n) is 6.18. The summed E-state index contributed by atoms with van der Waals surface area (Å²) in [7, 11) is 0. The molecule has 1 aliphatic rings. The van der Waals surface area contributed by atoms with Crippen molar-refractivity contribution in [2.45, 2.75) is 57.8 Å². The minimum Gasteiger partial charge on any atom is -0.393 e. The molecule has 0 bridgehead atoms. The summed E-state index contributed by atoms with van der Waals surface area (Å²) in [6.07, 6.45) is 13.4. The molecule has 0 saturated heterocycles. The molecule has 0 N–H and O–H groups in total. The normalized spacial score (nSPS) is 13.4. The van der Waals surface area contributed by atoms with Gasteiger partial charge in [-0.15, -0.1) is 0 Å². The molecular formula is C21H26O3. The van der Waals surface area contributed by atoms with Crippen molar-refractivity contribution in [3.8, 4) is 0 Å². The number of hydrogen-bond donors (Lipinski definition) is 0. The topological polar surface area (TPSA) is 43.4 Å². The third-order valence-corrected chi connectivity index (χ3v) is 4.15. The summed E-state index contributed by atoms with van der Waals surface area (Å²) in [4.78, 5) is 23.3. The molecule has 0 spiro atoms. The van der Waals surface area contributed by atoms with E-state index in [2.05, 4.69) is 30.4 Å². The summed E-state index contributed by atoms with van der Waals surface area (Å²) >= 11 is 0. The second-order valence-corrected chi connectivity index (χ2v) is 6.18. The van der Waals surface area contributed by atoms with Crippen LogP contribution in [0, 0.1) is 0 Å². The van der Waals surface area contributed by atoms with Crippen LogP contribution in [0.5, 0.6) is 0 Å². The quantitative estimate of drug-likeness (QED) is 0.368. The highest BCUT2D eigenvalue weighted by molar-refractivity contribution is 5.85. The molecule has 0 saturated carbocycles. The van der Waals surface area contributed by atoms with E-state index < -0.39 is 11.9 Å². The van der Waals surface area contributed by atoms with Crippen molar-refractivity contribution in [3.63, 3.8) is 0 Å². The molecule has 24 heavy (non-hydrogen) atoms.